The molecule has 0 aliphatic carbocycles. The third-order valence-electron chi connectivity index (χ3n) is 2.76. The summed E-state index contributed by atoms with van der Waals surface area (Å²) < 4.78 is 5.35. The summed E-state index contributed by atoms with van der Waals surface area (Å²) in [4.78, 5) is 0. The lowest BCUT2D eigenvalue weighted by Gasteiger charge is -1.95. The van der Waals surface area contributed by atoms with Crippen LogP contribution in [-0.2, 0) is 0 Å². The molecule has 2 aromatic carbocycles. The number of nitrogens with zero attached hydrogens (tertiary/aromatic N) is 1. The van der Waals surface area contributed by atoms with Gasteiger partial charge in [-0.2, -0.15) is 0 Å². The molecule has 0 aliphatic rings. The van der Waals surface area contributed by atoms with Crippen molar-refractivity contribution in [3.63, 3.8) is 0 Å². The van der Waals surface area contributed by atoms with Crippen LogP contribution in [0.1, 0.15) is 0 Å². The van der Waals surface area contributed by atoms with E-state index in [1.54, 1.807) is 0 Å². The quantitative estimate of drug-likeness (QED) is 0.638. The molecular weight excluding hydrogens is 281 g/mol. The molecule has 0 bridgehead atoms. The molecule has 0 atom stereocenters. The highest BCUT2D eigenvalue weighted by Gasteiger charge is 2.08. The highest BCUT2D eigenvalue weighted by atomic mass is 35.5. The summed E-state index contributed by atoms with van der Waals surface area (Å²) in [7, 11) is 0. The highest BCUT2D eigenvalue weighted by molar-refractivity contribution is 6.31. The van der Waals surface area contributed by atoms with Crippen molar-refractivity contribution >= 4 is 23.2 Å². The lowest BCUT2D eigenvalue weighted by Crippen LogP contribution is -1.75. The molecule has 2 nitrogen and oxygen atoms in total. The third kappa shape index (κ3) is 2.65. The molecule has 0 N–H and O–H groups in total. The molecule has 0 fully saturated rings. The van der Waals surface area contributed by atoms with Gasteiger partial charge >= 0.3 is 0 Å². The van der Waals surface area contributed by atoms with Gasteiger partial charge in [-0.05, 0) is 24.3 Å². The first-order valence-corrected chi connectivity index (χ1v) is 6.46. The van der Waals surface area contributed by atoms with E-state index in [2.05, 4.69) is 5.16 Å². The Hall–Kier alpha value is -1.77. The van der Waals surface area contributed by atoms with Crippen LogP contribution in [0.5, 0.6) is 0 Å². The molecule has 1 aromatic heterocycles. The Bertz CT molecular complexity index is 704. The first-order valence-electron chi connectivity index (χ1n) is 5.71. The molecule has 0 spiro atoms. The number of hydrogen-bond acceptors (Lipinski definition) is 2. The largest absolute Gasteiger partial charge is 0.356 e. The summed E-state index contributed by atoms with van der Waals surface area (Å²) in [6.07, 6.45) is 0. The molecular formula is C15H9Cl2NO. The second-order valence-electron chi connectivity index (χ2n) is 4.09. The van der Waals surface area contributed by atoms with Gasteiger partial charge in [-0.15, -0.1) is 0 Å². The Morgan fingerprint density at radius 1 is 0.789 bits per heavy atom. The van der Waals surface area contributed by atoms with Gasteiger partial charge in [0.1, 0.15) is 5.69 Å². The fourth-order valence-electron chi connectivity index (χ4n) is 1.81. The lowest BCUT2D eigenvalue weighted by atomic mass is 10.1. The van der Waals surface area contributed by atoms with Crippen LogP contribution in [0.2, 0.25) is 10.0 Å². The summed E-state index contributed by atoms with van der Waals surface area (Å²) in [5.74, 6) is 0.687. The maximum Gasteiger partial charge on any atom is 0.167 e. The molecule has 19 heavy (non-hydrogen) atoms. The topological polar surface area (TPSA) is 26.0 Å². The van der Waals surface area contributed by atoms with Crippen molar-refractivity contribution in [2.75, 3.05) is 0 Å². The van der Waals surface area contributed by atoms with Crippen LogP contribution in [0, 0.1) is 0 Å². The van der Waals surface area contributed by atoms with Crippen molar-refractivity contribution in [1.29, 1.82) is 0 Å². The fraction of sp³-hybridized carbons (Fsp3) is 0. The molecule has 94 valence electrons. The van der Waals surface area contributed by atoms with E-state index in [1.165, 1.54) is 0 Å². The zero-order valence-corrected chi connectivity index (χ0v) is 11.3. The van der Waals surface area contributed by atoms with Crippen molar-refractivity contribution in [2.45, 2.75) is 0 Å². The van der Waals surface area contributed by atoms with Crippen LogP contribution in [0.25, 0.3) is 22.6 Å². The average Bonchev–Trinajstić information content (AvgIpc) is 2.89. The van der Waals surface area contributed by atoms with E-state index >= 15 is 0 Å². The molecule has 0 aliphatic heterocycles. The molecule has 0 amide bonds. The first kappa shape index (κ1) is 12.3. The maximum atomic E-state index is 5.96. The van der Waals surface area contributed by atoms with Gasteiger partial charge in [0.05, 0.1) is 0 Å². The Labute approximate surface area is 120 Å². The standard InChI is InChI=1S/C15H9Cl2NO/c16-12-6-4-10(5-7-12)14-9-15(19-18-14)11-2-1-3-13(17)8-11/h1-9H. The number of halogens is 2. The molecule has 1 heterocycles. The molecule has 0 unspecified atom stereocenters. The summed E-state index contributed by atoms with van der Waals surface area (Å²) in [6.45, 7) is 0. The predicted octanol–water partition coefficient (Wildman–Crippen LogP) is 5.32. The smallest absolute Gasteiger partial charge is 0.167 e. The molecule has 0 radical (unpaired) electrons. The van der Waals surface area contributed by atoms with Gasteiger partial charge in [0, 0.05) is 27.2 Å². The maximum absolute atomic E-state index is 5.96. The first-order chi connectivity index (χ1) is 9.22. The second kappa shape index (κ2) is 5.08. The van der Waals surface area contributed by atoms with Crippen LogP contribution in [0.15, 0.2) is 59.1 Å². The van der Waals surface area contributed by atoms with Crippen LogP contribution >= 0.6 is 23.2 Å². The minimum atomic E-state index is 0.668. The van der Waals surface area contributed by atoms with E-state index in [9.17, 15) is 0 Å². The van der Waals surface area contributed by atoms with E-state index in [-0.39, 0.29) is 0 Å². The Kier molecular flexibility index (Phi) is 3.28. The molecule has 0 saturated carbocycles. The summed E-state index contributed by atoms with van der Waals surface area (Å²) in [5.41, 5.74) is 2.63. The van der Waals surface area contributed by atoms with Crippen molar-refractivity contribution < 1.29 is 4.52 Å². The molecule has 4 heteroatoms. The SMILES string of the molecule is Clc1ccc(-c2cc(-c3cccc(Cl)c3)on2)cc1. The minimum Gasteiger partial charge on any atom is -0.356 e. The van der Waals surface area contributed by atoms with Gasteiger partial charge in [0.2, 0.25) is 0 Å². The van der Waals surface area contributed by atoms with Gasteiger partial charge in [-0.3, -0.25) is 0 Å². The van der Waals surface area contributed by atoms with Crippen molar-refractivity contribution in [3.05, 3.63) is 64.6 Å². The third-order valence-corrected chi connectivity index (χ3v) is 3.25. The summed E-state index contributed by atoms with van der Waals surface area (Å²) >= 11 is 11.8. The Morgan fingerprint density at radius 2 is 1.58 bits per heavy atom. The van der Waals surface area contributed by atoms with E-state index in [4.69, 9.17) is 27.7 Å². The fourth-order valence-corrected chi connectivity index (χ4v) is 2.13. The van der Waals surface area contributed by atoms with Gasteiger partial charge in [0.15, 0.2) is 5.76 Å². The zero-order valence-electron chi connectivity index (χ0n) is 9.81. The van der Waals surface area contributed by atoms with Crippen LogP contribution in [0.4, 0.5) is 0 Å². The van der Waals surface area contributed by atoms with Crippen molar-refractivity contribution in [2.24, 2.45) is 0 Å². The van der Waals surface area contributed by atoms with E-state index < -0.39 is 0 Å². The Morgan fingerprint density at radius 3 is 2.32 bits per heavy atom. The van der Waals surface area contributed by atoms with Gasteiger partial charge in [-0.25, -0.2) is 0 Å². The Balaban J connectivity index is 1.97. The second-order valence-corrected chi connectivity index (χ2v) is 4.97. The number of aromatic nitrogens is 1. The lowest BCUT2D eigenvalue weighted by molar-refractivity contribution is 0.435. The molecule has 0 saturated heterocycles. The molecule has 3 aromatic rings. The van der Waals surface area contributed by atoms with Gasteiger partial charge in [0.25, 0.3) is 0 Å². The van der Waals surface area contributed by atoms with E-state index in [1.807, 2.05) is 54.6 Å². The monoisotopic (exact) mass is 289 g/mol. The summed E-state index contributed by atoms with van der Waals surface area (Å²) in [6, 6.07) is 16.8. The normalized spacial score (nSPS) is 10.6. The van der Waals surface area contributed by atoms with Crippen molar-refractivity contribution in [3.8, 4) is 22.6 Å². The van der Waals surface area contributed by atoms with Crippen LogP contribution in [0.3, 0.4) is 0 Å². The van der Waals surface area contributed by atoms with Gasteiger partial charge in [-0.1, -0.05) is 52.6 Å². The van der Waals surface area contributed by atoms with E-state index in [0.717, 1.165) is 16.8 Å². The molecule has 3 rings (SSSR count). The highest BCUT2D eigenvalue weighted by Crippen LogP contribution is 2.28. The number of rotatable bonds is 2. The van der Waals surface area contributed by atoms with Gasteiger partial charge < -0.3 is 4.52 Å². The minimum absolute atomic E-state index is 0.668. The number of benzene rings is 2. The average molecular weight is 290 g/mol. The van der Waals surface area contributed by atoms with E-state index in [0.29, 0.717) is 15.8 Å². The van der Waals surface area contributed by atoms with Crippen molar-refractivity contribution in [1.82, 2.24) is 5.16 Å². The summed E-state index contributed by atoms with van der Waals surface area (Å²) in [5, 5.41) is 5.43. The van der Waals surface area contributed by atoms with Crippen LogP contribution in [-0.4, -0.2) is 5.16 Å². The predicted molar refractivity (Wildman–Crippen MR) is 77.4 cm³/mol. The number of hydrogen-bond donors (Lipinski definition) is 0. The van der Waals surface area contributed by atoms with Crippen LogP contribution < -0.4 is 0 Å². The zero-order chi connectivity index (χ0) is 13.2.